The standard InChI is InChI=1S/C10H10N2O3/c1-12-5-6(10(13)14)8-7(12)3-4-11-9(8)15-2/h3-5H,1-2H3,(H,13,14). The summed E-state index contributed by atoms with van der Waals surface area (Å²) in [6.07, 6.45) is 3.14. The van der Waals surface area contributed by atoms with E-state index in [-0.39, 0.29) is 5.56 Å². The van der Waals surface area contributed by atoms with Crippen molar-refractivity contribution in [2.75, 3.05) is 7.11 Å². The predicted octanol–water partition coefficient (Wildman–Crippen LogP) is 1.28. The SMILES string of the molecule is COc1nccc2c1c(C(=O)O)cn2C. The van der Waals surface area contributed by atoms with Gasteiger partial charge in [-0.05, 0) is 6.07 Å². The first-order valence-corrected chi connectivity index (χ1v) is 4.36. The lowest BCUT2D eigenvalue weighted by Crippen LogP contribution is -1.96. The molecule has 1 N–H and O–H groups in total. The Morgan fingerprint density at radius 2 is 2.33 bits per heavy atom. The smallest absolute Gasteiger partial charge is 0.338 e. The quantitative estimate of drug-likeness (QED) is 0.803. The number of hydrogen-bond acceptors (Lipinski definition) is 3. The van der Waals surface area contributed by atoms with Crippen LogP contribution >= 0.6 is 0 Å². The molecule has 2 aromatic heterocycles. The zero-order chi connectivity index (χ0) is 11.0. The van der Waals surface area contributed by atoms with Crippen LogP contribution in [0.25, 0.3) is 10.9 Å². The molecule has 2 aromatic rings. The summed E-state index contributed by atoms with van der Waals surface area (Å²) in [4.78, 5) is 15.0. The molecule has 0 fully saturated rings. The molecule has 0 aliphatic rings. The maximum Gasteiger partial charge on any atom is 0.338 e. The fourth-order valence-electron chi connectivity index (χ4n) is 1.62. The monoisotopic (exact) mass is 206 g/mol. The van der Waals surface area contributed by atoms with Crippen LogP contribution in [0.15, 0.2) is 18.5 Å². The van der Waals surface area contributed by atoms with E-state index in [1.54, 1.807) is 30.1 Å². The number of aryl methyl sites for hydroxylation is 1. The molecule has 0 spiro atoms. The maximum atomic E-state index is 11.0. The van der Waals surface area contributed by atoms with Gasteiger partial charge in [0.15, 0.2) is 0 Å². The minimum atomic E-state index is -0.980. The van der Waals surface area contributed by atoms with Gasteiger partial charge in [-0.2, -0.15) is 0 Å². The number of pyridine rings is 1. The van der Waals surface area contributed by atoms with Crippen LogP contribution in [0.2, 0.25) is 0 Å². The highest BCUT2D eigenvalue weighted by atomic mass is 16.5. The average Bonchev–Trinajstić information content (AvgIpc) is 2.56. The van der Waals surface area contributed by atoms with E-state index in [9.17, 15) is 4.79 Å². The fraction of sp³-hybridized carbons (Fsp3) is 0.200. The van der Waals surface area contributed by atoms with Crippen molar-refractivity contribution in [3.05, 3.63) is 24.0 Å². The summed E-state index contributed by atoms with van der Waals surface area (Å²) in [5, 5.41) is 9.56. The highest BCUT2D eigenvalue weighted by molar-refractivity contribution is 6.05. The van der Waals surface area contributed by atoms with Crippen LogP contribution in [0.3, 0.4) is 0 Å². The summed E-state index contributed by atoms with van der Waals surface area (Å²) in [6.45, 7) is 0. The molecule has 0 aliphatic carbocycles. The molecule has 0 amide bonds. The predicted molar refractivity (Wildman–Crippen MR) is 54.2 cm³/mol. The molecular weight excluding hydrogens is 196 g/mol. The second kappa shape index (κ2) is 3.27. The number of aromatic nitrogens is 2. The number of carboxylic acids is 1. The molecule has 0 radical (unpaired) electrons. The first-order valence-electron chi connectivity index (χ1n) is 4.36. The summed E-state index contributed by atoms with van der Waals surface area (Å²) < 4.78 is 6.78. The molecule has 15 heavy (non-hydrogen) atoms. The molecule has 5 heteroatoms. The Balaban J connectivity index is 2.88. The van der Waals surface area contributed by atoms with Gasteiger partial charge in [-0.1, -0.05) is 0 Å². The fourth-order valence-corrected chi connectivity index (χ4v) is 1.62. The number of rotatable bonds is 2. The first kappa shape index (κ1) is 9.51. The van der Waals surface area contributed by atoms with Crippen molar-refractivity contribution in [3.63, 3.8) is 0 Å². The maximum absolute atomic E-state index is 11.0. The van der Waals surface area contributed by atoms with E-state index in [0.717, 1.165) is 5.52 Å². The van der Waals surface area contributed by atoms with E-state index in [1.165, 1.54) is 7.11 Å². The number of aromatic carboxylic acids is 1. The van der Waals surface area contributed by atoms with Crippen molar-refractivity contribution in [2.45, 2.75) is 0 Å². The van der Waals surface area contributed by atoms with Crippen molar-refractivity contribution in [1.82, 2.24) is 9.55 Å². The van der Waals surface area contributed by atoms with Gasteiger partial charge >= 0.3 is 5.97 Å². The van der Waals surface area contributed by atoms with Gasteiger partial charge < -0.3 is 14.4 Å². The van der Waals surface area contributed by atoms with Crippen LogP contribution in [0.4, 0.5) is 0 Å². The van der Waals surface area contributed by atoms with Crippen molar-refractivity contribution in [1.29, 1.82) is 0 Å². The van der Waals surface area contributed by atoms with E-state index in [2.05, 4.69) is 4.98 Å². The van der Waals surface area contributed by atoms with Crippen molar-refractivity contribution < 1.29 is 14.6 Å². The summed E-state index contributed by atoms with van der Waals surface area (Å²) in [5.74, 6) is -0.641. The van der Waals surface area contributed by atoms with E-state index < -0.39 is 5.97 Å². The molecule has 0 unspecified atom stereocenters. The third-order valence-electron chi connectivity index (χ3n) is 2.29. The average molecular weight is 206 g/mol. The normalized spacial score (nSPS) is 10.5. The van der Waals surface area contributed by atoms with E-state index in [4.69, 9.17) is 9.84 Å². The third-order valence-corrected chi connectivity index (χ3v) is 2.29. The molecule has 0 saturated heterocycles. The molecule has 2 rings (SSSR count). The Morgan fingerprint density at radius 3 is 2.93 bits per heavy atom. The van der Waals surface area contributed by atoms with Gasteiger partial charge in [0.25, 0.3) is 0 Å². The summed E-state index contributed by atoms with van der Waals surface area (Å²) in [5.41, 5.74) is 0.997. The molecule has 5 nitrogen and oxygen atoms in total. The number of carbonyl (C=O) groups is 1. The summed E-state index contributed by atoms with van der Waals surface area (Å²) in [7, 11) is 3.26. The Labute approximate surface area is 85.9 Å². The van der Waals surface area contributed by atoms with Crippen LogP contribution in [0, 0.1) is 0 Å². The summed E-state index contributed by atoms with van der Waals surface area (Å²) in [6, 6.07) is 1.75. The van der Waals surface area contributed by atoms with Crippen molar-refractivity contribution in [2.24, 2.45) is 7.05 Å². The zero-order valence-electron chi connectivity index (χ0n) is 8.39. The van der Waals surface area contributed by atoms with E-state index in [1.807, 2.05) is 0 Å². The second-order valence-electron chi connectivity index (χ2n) is 3.17. The lowest BCUT2D eigenvalue weighted by molar-refractivity contribution is 0.0698. The molecular formula is C10H10N2O3. The molecule has 78 valence electrons. The minimum Gasteiger partial charge on any atom is -0.480 e. The largest absolute Gasteiger partial charge is 0.480 e. The number of nitrogens with zero attached hydrogens (tertiary/aromatic N) is 2. The Bertz CT molecular complexity index is 531. The van der Waals surface area contributed by atoms with Gasteiger partial charge in [0.2, 0.25) is 5.88 Å². The van der Waals surface area contributed by atoms with Gasteiger partial charge in [0, 0.05) is 19.4 Å². The first-order chi connectivity index (χ1) is 7.15. The van der Waals surface area contributed by atoms with Crippen LogP contribution < -0.4 is 4.74 Å². The third kappa shape index (κ3) is 1.32. The van der Waals surface area contributed by atoms with Crippen LogP contribution in [0.1, 0.15) is 10.4 Å². The van der Waals surface area contributed by atoms with Crippen molar-refractivity contribution >= 4 is 16.9 Å². The number of ether oxygens (including phenoxy) is 1. The minimum absolute atomic E-state index is 0.206. The number of methoxy groups -OCH3 is 1. The molecule has 0 aromatic carbocycles. The lowest BCUT2D eigenvalue weighted by Gasteiger charge is -2.01. The topological polar surface area (TPSA) is 64.3 Å². The molecule has 0 atom stereocenters. The lowest BCUT2D eigenvalue weighted by atomic mass is 10.2. The number of carboxylic acid groups (broad SMARTS) is 1. The van der Waals surface area contributed by atoms with Gasteiger partial charge in [-0.15, -0.1) is 0 Å². The summed E-state index contributed by atoms with van der Waals surface area (Å²) >= 11 is 0. The number of hydrogen-bond donors (Lipinski definition) is 1. The van der Waals surface area contributed by atoms with Gasteiger partial charge in [0.05, 0.1) is 23.6 Å². The van der Waals surface area contributed by atoms with E-state index in [0.29, 0.717) is 11.3 Å². The van der Waals surface area contributed by atoms with Crippen LogP contribution in [0.5, 0.6) is 5.88 Å². The van der Waals surface area contributed by atoms with Crippen LogP contribution in [-0.4, -0.2) is 27.7 Å². The van der Waals surface area contributed by atoms with E-state index >= 15 is 0 Å². The highest BCUT2D eigenvalue weighted by Crippen LogP contribution is 2.27. The van der Waals surface area contributed by atoms with Gasteiger partial charge in [0.1, 0.15) is 0 Å². The molecule has 0 bridgehead atoms. The highest BCUT2D eigenvalue weighted by Gasteiger charge is 2.17. The van der Waals surface area contributed by atoms with Crippen LogP contribution in [-0.2, 0) is 7.05 Å². The Morgan fingerprint density at radius 1 is 1.60 bits per heavy atom. The molecule has 0 aliphatic heterocycles. The second-order valence-corrected chi connectivity index (χ2v) is 3.17. The van der Waals surface area contributed by atoms with Gasteiger partial charge in [-0.3, -0.25) is 0 Å². The molecule has 2 heterocycles. The Hall–Kier alpha value is -2.04. The molecule has 0 saturated carbocycles. The van der Waals surface area contributed by atoms with Gasteiger partial charge in [-0.25, -0.2) is 9.78 Å². The Kier molecular flexibility index (Phi) is 2.07. The number of fused-ring (bicyclic) bond motifs is 1. The zero-order valence-corrected chi connectivity index (χ0v) is 8.39. The van der Waals surface area contributed by atoms with Crippen molar-refractivity contribution in [3.8, 4) is 5.88 Å².